The highest BCUT2D eigenvalue weighted by atomic mass is 79.9. The van der Waals surface area contributed by atoms with E-state index >= 15 is 0 Å². The molecule has 7 heteroatoms. The minimum atomic E-state index is -0.213. The fraction of sp³-hybridized carbons (Fsp3) is 0. The number of anilines is 1. The van der Waals surface area contributed by atoms with Gasteiger partial charge in [-0.15, -0.1) is 5.10 Å². The molecule has 4 nitrogen and oxygen atoms in total. The lowest BCUT2D eigenvalue weighted by molar-refractivity contribution is 0.103. The average Bonchev–Trinajstić information content (AvgIpc) is 3.00. The second-order valence-electron chi connectivity index (χ2n) is 4.42. The highest BCUT2D eigenvalue weighted by Gasteiger charge is 2.17. The van der Waals surface area contributed by atoms with Crippen molar-refractivity contribution >= 4 is 55.0 Å². The monoisotopic (exact) mass is 437 g/mol. The van der Waals surface area contributed by atoms with Crippen LogP contribution in [0.25, 0.3) is 11.3 Å². The fourth-order valence-corrected chi connectivity index (χ4v) is 2.97. The molecule has 1 N–H and O–H groups in total. The van der Waals surface area contributed by atoms with Crippen molar-refractivity contribution in [3.05, 3.63) is 62.4 Å². The van der Waals surface area contributed by atoms with Crippen LogP contribution in [0.4, 0.5) is 5.69 Å². The van der Waals surface area contributed by atoms with Gasteiger partial charge in [-0.1, -0.05) is 48.5 Å². The number of hydrogen-bond donors (Lipinski definition) is 1. The maximum Gasteiger partial charge on any atom is 0.269 e. The van der Waals surface area contributed by atoms with Crippen LogP contribution < -0.4 is 5.32 Å². The summed E-state index contributed by atoms with van der Waals surface area (Å²) >= 11 is 7.84. The quantitative estimate of drug-likeness (QED) is 0.627. The van der Waals surface area contributed by atoms with E-state index in [-0.39, 0.29) is 5.91 Å². The number of carbonyl (C=O) groups is 1. The third kappa shape index (κ3) is 3.43. The predicted octanol–water partition coefficient (Wildman–Crippen LogP) is 4.98. The van der Waals surface area contributed by atoms with Crippen molar-refractivity contribution in [2.45, 2.75) is 0 Å². The topological polar surface area (TPSA) is 54.9 Å². The second-order valence-corrected chi connectivity index (χ2v) is 7.00. The van der Waals surface area contributed by atoms with Gasteiger partial charge in [0.15, 0.2) is 0 Å². The van der Waals surface area contributed by atoms with E-state index in [4.69, 9.17) is 0 Å². The lowest BCUT2D eigenvalue weighted by atomic mass is 10.1. The van der Waals surface area contributed by atoms with Crippen molar-refractivity contribution in [2.24, 2.45) is 0 Å². The molecule has 1 aromatic heterocycles. The molecule has 0 fully saturated rings. The molecule has 0 spiro atoms. The zero-order valence-electron chi connectivity index (χ0n) is 11.1. The van der Waals surface area contributed by atoms with E-state index in [1.165, 1.54) is 0 Å². The van der Waals surface area contributed by atoms with Crippen molar-refractivity contribution in [1.29, 1.82) is 0 Å². The van der Waals surface area contributed by atoms with E-state index in [0.29, 0.717) is 10.6 Å². The Bertz CT molecular complexity index is 800. The number of benzene rings is 2. The highest BCUT2D eigenvalue weighted by Crippen LogP contribution is 2.26. The molecule has 3 aromatic rings. The summed E-state index contributed by atoms with van der Waals surface area (Å²) in [6, 6.07) is 15.0. The second kappa shape index (κ2) is 6.68. The number of amides is 1. The van der Waals surface area contributed by atoms with Crippen molar-refractivity contribution in [3.63, 3.8) is 0 Å². The first kappa shape index (κ1) is 15.3. The zero-order chi connectivity index (χ0) is 15.5. The summed E-state index contributed by atoms with van der Waals surface area (Å²) in [4.78, 5) is 12.9. The van der Waals surface area contributed by atoms with Crippen LogP contribution in [0.3, 0.4) is 0 Å². The van der Waals surface area contributed by atoms with Crippen LogP contribution in [0.2, 0.25) is 0 Å². The standard InChI is InChI=1S/C15H9Br2N3OS/c16-10-3-1-9(2-4-10)13-14(22-20-19-13)15(21)18-12-7-5-11(17)6-8-12/h1-8H,(H,18,21). The van der Waals surface area contributed by atoms with Crippen LogP contribution in [-0.2, 0) is 0 Å². The summed E-state index contributed by atoms with van der Waals surface area (Å²) < 4.78 is 5.84. The molecule has 0 atom stereocenters. The molecule has 0 bridgehead atoms. The number of nitrogens with zero attached hydrogens (tertiary/aromatic N) is 2. The number of hydrogen-bond acceptors (Lipinski definition) is 4. The Hall–Kier alpha value is -1.57. The Kier molecular flexibility index (Phi) is 4.66. The van der Waals surface area contributed by atoms with Gasteiger partial charge < -0.3 is 5.32 Å². The zero-order valence-corrected chi connectivity index (χ0v) is 15.1. The molecule has 1 heterocycles. The molecule has 0 radical (unpaired) electrons. The van der Waals surface area contributed by atoms with Gasteiger partial charge in [-0.2, -0.15) is 0 Å². The van der Waals surface area contributed by atoms with Crippen LogP contribution >= 0.6 is 43.4 Å². The molecule has 0 aliphatic rings. The van der Waals surface area contributed by atoms with Crippen LogP contribution in [0.5, 0.6) is 0 Å². The minimum absolute atomic E-state index is 0.213. The van der Waals surface area contributed by atoms with E-state index in [0.717, 1.165) is 31.7 Å². The number of halogens is 2. The summed E-state index contributed by atoms with van der Waals surface area (Å²) in [5.41, 5.74) is 2.17. The summed E-state index contributed by atoms with van der Waals surface area (Å²) in [5, 5.41) is 6.93. The van der Waals surface area contributed by atoms with E-state index in [9.17, 15) is 4.79 Å². The van der Waals surface area contributed by atoms with Crippen molar-refractivity contribution in [2.75, 3.05) is 5.32 Å². The lowest BCUT2D eigenvalue weighted by Crippen LogP contribution is -2.11. The SMILES string of the molecule is O=C(Nc1ccc(Br)cc1)c1snnc1-c1ccc(Br)cc1. The van der Waals surface area contributed by atoms with Gasteiger partial charge in [-0.05, 0) is 47.9 Å². The van der Waals surface area contributed by atoms with Crippen LogP contribution in [-0.4, -0.2) is 15.5 Å². The minimum Gasteiger partial charge on any atom is -0.321 e. The molecular formula is C15H9Br2N3OS. The Morgan fingerprint density at radius 1 is 0.955 bits per heavy atom. The maximum absolute atomic E-state index is 12.4. The van der Waals surface area contributed by atoms with Crippen LogP contribution in [0.1, 0.15) is 9.67 Å². The first-order chi connectivity index (χ1) is 10.6. The van der Waals surface area contributed by atoms with Crippen LogP contribution in [0.15, 0.2) is 57.5 Å². The third-order valence-corrected chi connectivity index (χ3v) is 4.70. The molecule has 2 aromatic carbocycles. The van der Waals surface area contributed by atoms with E-state index in [2.05, 4.69) is 46.8 Å². The molecule has 0 aliphatic carbocycles. The van der Waals surface area contributed by atoms with Gasteiger partial charge in [-0.25, -0.2) is 0 Å². The van der Waals surface area contributed by atoms with Crippen LogP contribution in [0, 0.1) is 0 Å². The molecule has 3 rings (SSSR count). The summed E-state index contributed by atoms with van der Waals surface area (Å²) in [5.74, 6) is -0.213. The normalized spacial score (nSPS) is 10.5. The summed E-state index contributed by atoms with van der Waals surface area (Å²) in [6.45, 7) is 0. The molecule has 110 valence electrons. The Balaban J connectivity index is 1.86. The van der Waals surface area contributed by atoms with Crippen molar-refractivity contribution in [1.82, 2.24) is 9.59 Å². The molecule has 22 heavy (non-hydrogen) atoms. The van der Waals surface area contributed by atoms with E-state index in [1.54, 1.807) is 0 Å². The first-order valence-electron chi connectivity index (χ1n) is 6.29. The summed E-state index contributed by atoms with van der Waals surface area (Å²) in [7, 11) is 0. The Labute approximate surface area is 148 Å². The van der Waals surface area contributed by atoms with Gasteiger partial charge in [-0.3, -0.25) is 4.79 Å². The molecule has 0 unspecified atom stereocenters. The van der Waals surface area contributed by atoms with Gasteiger partial charge in [0.05, 0.1) is 0 Å². The number of rotatable bonds is 3. The Morgan fingerprint density at radius 3 is 2.18 bits per heavy atom. The van der Waals surface area contributed by atoms with Gasteiger partial charge in [0, 0.05) is 20.2 Å². The van der Waals surface area contributed by atoms with Gasteiger partial charge in [0.25, 0.3) is 5.91 Å². The predicted molar refractivity (Wildman–Crippen MR) is 95.1 cm³/mol. The molecular weight excluding hydrogens is 430 g/mol. The smallest absolute Gasteiger partial charge is 0.269 e. The van der Waals surface area contributed by atoms with E-state index < -0.39 is 0 Å². The largest absolute Gasteiger partial charge is 0.321 e. The highest BCUT2D eigenvalue weighted by molar-refractivity contribution is 9.10. The number of aromatic nitrogens is 2. The molecule has 0 aliphatic heterocycles. The lowest BCUT2D eigenvalue weighted by Gasteiger charge is -2.05. The van der Waals surface area contributed by atoms with Crippen molar-refractivity contribution < 1.29 is 4.79 Å². The maximum atomic E-state index is 12.4. The Morgan fingerprint density at radius 2 is 1.55 bits per heavy atom. The van der Waals surface area contributed by atoms with Gasteiger partial charge >= 0.3 is 0 Å². The first-order valence-corrected chi connectivity index (χ1v) is 8.64. The van der Waals surface area contributed by atoms with Crippen molar-refractivity contribution in [3.8, 4) is 11.3 Å². The average molecular weight is 439 g/mol. The fourth-order valence-electron chi connectivity index (χ4n) is 1.86. The number of carbonyl (C=O) groups excluding carboxylic acids is 1. The van der Waals surface area contributed by atoms with E-state index in [1.807, 2.05) is 48.5 Å². The number of nitrogens with one attached hydrogen (secondary N) is 1. The third-order valence-electron chi connectivity index (χ3n) is 2.91. The molecule has 1 amide bonds. The summed E-state index contributed by atoms with van der Waals surface area (Å²) in [6.07, 6.45) is 0. The van der Waals surface area contributed by atoms with Gasteiger partial charge in [0.2, 0.25) is 0 Å². The molecule has 0 saturated heterocycles. The molecule has 0 saturated carbocycles. The van der Waals surface area contributed by atoms with Gasteiger partial charge in [0.1, 0.15) is 10.6 Å².